The van der Waals surface area contributed by atoms with E-state index in [-0.39, 0.29) is 6.54 Å². The first-order valence-electron chi connectivity index (χ1n) is 4.98. The highest BCUT2D eigenvalue weighted by molar-refractivity contribution is 5.29. The number of likely N-dealkylation sites (N-methyl/N-ethyl adjacent to an activating group) is 1. The van der Waals surface area contributed by atoms with E-state index in [2.05, 4.69) is 16.9 Å². The minimum Gasteiger partial charge on any atom is -0.386 e. The lowest BCUT2D eigenvalue weighted by Gasteiger charge is -2.21. The quantitative estimate of drug-likeness (QED) is 0.622. The van der Waals surface area contributed by atoms with E-state index in [1.165, 1.54) is 11.3 Å². The van der Waals surface area contributed by atoms with Crippen LogP contribution in [0, 0.1) is 0 Å². The van der Waals surface area contributed by atoms with E-state index in [1.807, 2.05) is 6.07 Å². The van der Waals surface area contributed by atoms with Crippen molar-refractivity contribution in [3.8, 4) is 0 Å². The second-order valence-electron chi connectivity index (χ2n) is 3.97. The molecule has 1 unspecified atom stereocenters. The number of nitrogens with zero attached hydrogens (tertiary/aromatic N) is 1. The third kappa shape index (κ3) is 1.68. The lowest BCUT2D eigenvalue weighted by atomic mass is 10.1. The van der Waals surface area contributed by atoms with Crippen LogP contribution in [0.25, 0.3) is 0 Å². The van der Waals surface area contributed by atoms with Crippen molar-refractivity contribution in [3.05, 3.63) is 23.0 Å². The molecule has 4 nitrogen and oxygen atoms in total. The Bertz CT molecular complexity index is 321. The summed E-state index contributed by atoms with van der Waals surface area (Å²) in [6.45, 7) is 2.31. The van der Waals surface area contributed by atoms with Crippen LogP contribution in [0.15, 0.2) is 6.07 Å². The van der Waals surface area contributed by atoms with Gasteiger partial charge in [0.25, 0.3) is 0 Å². The van der Waals surface area contributed by atoms with Crippen molar-refractivity contribution in [2.75, 3.05) is 20.1 Å². The van der Waals surface area contributed by atoms with Crippen LogP contribution < -0.4 is 5.73 Å². The molecule has 1 aromatic heterocycles. The Morgan fingerprint density at radius 2 is 2.50 bits per heavy atom. The highest BCUT2D eigenvalue weighted by Gasteiger charge is 2.18. The summed E-state index contributed by atoms with van der Waals surface area (Å²) < 4.78 is 0. The van der Waals surface area contributed by atoms with Gasteiger partial charge in [0.1, 0.15) is 6.10 Å². The molecule has 0 bridgehead atoms. The van der Waals surface area contributed by atoms with E-state index in [0.717, 1.165) is 25.2 Å². The van der Waals surface area contributed by atoms with Gasteiger partial charge in [-0.05, 0) is 18.7 Å². The zero-order chi connectivity index (χ0) is 10.1. The third-order valence-electron chi connectivity index (χ3n) is 2.78. The molecule has 14 heavy (non-hydrogen) atoms. The molecular weight excluding hydrogens is 178 g/mol. The van der Waals surface area contributed by atoms with Crippen LogP contribution in [0.5, 0.6) is 0 Å². The Hall–Kier alpha value is -0.840. The van der Waals surface area contributed by atoms with Crippen molar-refractivity contribution in [2.24, 2.45) is 5.73 Å². The Morgan fingerprint density at radius 1 is 1.71 bits per heavy atom. The van der Waals surface area contributed by atoms with Gasteiger partial charge in [0.2, 0.25) is 0 Å². The normalized spacial score (nSPS) is 19.4. The molecule has 0 saturated heterocycles. The van der Waals surface area contributed by atoms with Gasteiger partial charge >= 0.3 is 0 Å². The summed E-state index contributed by atoms with van der Waals surface area (Å²) in [4.78, 5) is 5.52. The Labute approximate surface area is 83.7 Å². The van der Waals surface area contributed by atoms with E-state index in [4.69, 9.17) is 5.73 Å². The molecule has 0 spiro atoms. The Kier molecular flexibility index (Phi) is 2.58. The summed E-state index contributed by atoms with van der Waals surface area (Å²) in [6, 6.07) is 2.03. The number of H-pyrrole nitrogens is 1. The maximum atomic E-state index is 9.57. The molecule has 0 saturated carbocycles. The van der Waals surface area contributed by atoms with Crippen LogP contribution in [0.3, 0.4) is 0 Å². The predicted molar refractivity (Wildman–Crippen MR) is 54.8 cm³/mol. The van der Waals surface area contributed by atoms with Gasteiger partial charge < -0.3 is 20.7 Å². The van der Waals surface area contributed by atoms with Crippen LogP contribution in [-0.4, -0.2) is 35.1 Å². The van der Waals surface area contributed by atoms with E-state index < -0.39 is 6.10 Å². The van der Waals surface area contributed by atoms with Crippen molar-refractivity contribution in [3.63, 3.8) is 0 Å². The molecule has 0 fully saturated rings. The molecule has 0 aliphatic carbocycles. The summed E-state index contributed by atoms with van der Waals surface area (Å²) in [7, 11) is 2.11. The summed E-state index contributed by atoms with van der Waals surface area (Å²) in [5, 5.41) is 9.57. The number of aromatic nitrogens is 1. The van der Waals surface area contributed by atoms with E-state index >= 15 is 0 Å². The lowest BCUT2D eigenvalue weighted by Crippen LogP contribution is -2.25. The fourth-order valence-electron chi connectivity index (χ4n) is 1.91. The first kappa shape index (κ1) is 9.71. The van der Waals surface area contributed by atoms with Gasteiger partial charge in [-0.1, -0.05) is 0 Å². The molecule has 78 valence electrons. The second kappa shape index (κ2) is 3.73. The average Bonchev–Trinajstić information content (AvgIpc) is 2.59. The second-order valence-corrected chi connectivity index (χ2v) is 3.97. The summed E-state index contributed by atoms with van der Waals surface area (Å²) in [6.07, 6.45) is 0.481. The molecule has 1 aliphatic heterocycles. The van der Waals surface area contributed by atoms with E-state index in [9.17, 15) is 5.11 Å². The molecule has 4 N–H and O–H groups in total. The monoisotopic (exact) mass is 195 g/mol. The van der Waals surface area contributed by atoms with E-state index in [1.54, 1.807) is 0 Å². The third-order valence-corrected chi connectivity index (χ3v) is 2.78. The van der Waals surface area contributed by atoms with Crippen molar-refractivity contribution in [1.82, 2.24) is 9.88 Å². The molecular formula is C10H17N3O. The number of hydrogen-bond acceptors (Lipinski definition) is 3. The van der Waals surface area contributed by atoms with Crippen molar-refractivity contribution in [2.45, 2.75) is 19.1 Å². The van der Waals surface area contributed by atoms with Crippen molar-refractivity contribution in [1.29, 1.82) is 0 Å². The molecule has 2 heterocycles. The number of nitrogens with one attached hydrogen (secondary N) is 1. The molecule has 0 radical (unpaired) electrons. The lowest BCUT2D eigenvalue weighted by molar-refractivity contribution is 0.182. The van der Waals surface area contributed by atoms with Crippen molar-refractivity contribution < 1.29 is 5.11 Å². The fourth-order valence-corrected chi connectivity index (χ4v) is 1.91. The van der Waals surface area contributed by atoms with Gasteiger partial charge in [0.05, 0.1) is 0 Å². The van der Waals surface area contributed by atoms with Crippen molar-refractivity contribution >= 4 is 0 Å². The number of hydrogen-bond donors (Lipinski definition) is 3. The highest BCUT2D eigenvalue weighted by Crippen LogP contribution is 2.21. The minimum atomic E-state index is -0.550. The van der Waals surface area contributed by atoms with Crippen LogP contribution in [0.4, 0.5) is 0 Å². The maximum Gasteiger partial charge on any atom is 0.106 e. The number of fused-ring (bicyclic) bond motifs is 1. The van der Waals surface area contributed by atoms with Crippen LogP contribution in [0.1, 0.15) is 23.1 Å². The summed E-state index contributed by atoms with van der Waals surface area (Å²) >= 11 is 0. The molecule has 4 heteroatoms. The number of aliphatic hydroxyl groups excluding tert-OH is 1. The standard InChI is InChI=1S/C10H17N3O/c1-13-3-2-8-7(6-13)4-9(12-8)10(14)5-11/h4,10,12,14H,2-3,5-6,11H2,1H3. The predicted octanol–water partition coefficient (Wildman–Crippen LogP) is -0.00530. The van der Waals surface area contributed by atoms with E-state index in [0.29, 0.717) is 0 Å². The largest absolute Gasteiger partial charge is 0.386 e. The van der Waals surface area contributed by atoms with Crippen LogP contribution >= 0.6 is 0 Å². The van der Waals surface area contributed by atoms with Crippen LogP contribution in [-0.2, 0) is 13.0 Å². The Morgan fingerprint density at radius 3 is 3.21 bits per heavy atom. The van der Waals surface area contributed by atoms with Gasteiger partial charge in [0.15, 0.2) is 0 Å². The number of aliphatic hydroxyl groups is 1. The van der Waals surface area contributed by atoms with Gasteiger partial charge in [-0.15, -0.1) is 0 Å². The summed E-state index contributed by atoms with van der Waals surface area (Å²) in [5.41, 5.74) is 8.81. The maximum absolute atomic E-state index is 9.57. The van der Waals surface area contributed by atoms with Gasteiger partial charge in [-0.25, -0.2) is 0 Å². The average molecular weight is 195 g/mol. The molecule has 1 atom stereocenters. The first-order chi connectivity index (χ1) is 6.70. The first-order valence-corrected chi connectivity index (χ1v) is 4.98. The topological polar surface area (TPSA) is 65.3 Å². The van der Waals surface area contributed by atoms with Gasteiger partial charge in [0, 0.05) is 37.4 Å². The Balaban J connectivity index is 2.23. The highest BCUT2D eigenvalue weighted by atomic mass is 16.3. The van der Waals surface area contributed by atoms with Crippen LogP contribution in [0.2, 0.25) is 0 Å². The fraction of sp³-hybridized carbons (Fsp3) is 0.600. The number of rotatable bonds is 2. The molecule has 0 aromatic carbocycles. The zero-order valence-electron chi connectivity index (χ0n) is 8.45. The molecule has 1 aliphatic rings. The zero-order valence-corrected chi connectivity index (χ0v) is 8.45. The molecule has 1 aromatic rings. The van der Waals surface area contributed by atoms with Gasteiger partial charge in [-0.2, -0.15) is 0 Å². The smallest absolute Gasteiger partial charge is 0.106 e. The van der Waals surface area contributed by atoms with Gasteiger partial charge in [-0.3, -0.25) is 0 Å². The summed E-state index contributed by atoms with van der Waals surface area (Å²) in [5.74, 6) is 0. The SMILES string of the molecule is CN1CCc2[nH]c(C(O)CN)cc2C1. The molecule has 0 amide bonds. The minimum absolute atomic E-state index is 0.273. The molecule has 2 rings (SSSR count). The number of nitrogens with two attached hydrogens (primary N) is 1. The number of aromatic amines is 1.